The lowest BCUT2D eigenvalue weighted by Gasteiger charge is -2.09. The van der Waals surface area contributed by atoms with Crippen LogP contribution in [0.25, 0.3) is 0 Å². The van der Waals surface area contributed by atoms with Crippen molar-refractivity contribution in [1.82, 2.24) is 9.78 Å². The maximum Gasteiger partial charge on any atom is 0.0592 e. The molecule has 0 aromatic carbocycles. The zero-order valence-corrected chi connectivity index (χ0v) is 10.2. The highest BCUT2D eigenvalue weighted by atomic mass is 32.1. The summed E-state index contributed by atoms with van der Waals surface area (Å²) in [5.41, 5.74) is 1.17. The first kappa shape index (κ1) is 11.4. The molecule has 86 valence electrons. The summed E-state index contributed by atoms with van der Waals surface area (Å²) in [5.74, 6) is 0. The SMILES string of the molecule is Cn1nccc1CCC(O)Cc1cccs1. The summed E-state index contributed by atoms with van der Waals surface area (Å²) in [5, 5.41) is 16.0. The van der Waals surface area contributed by atoms with Crippen molar-refractivity contribution in [2.24, 2.45) is 7.05 Å². The summed E-state index contributed by atoms with van der Waals surface area (Å²) in [6.07, 6.45) is 3.96. The van der Waals surface area contributed by atoms with Crippen molar-refractivity contribution in [3.63, 3.8) is 0 Å². The van der Waals surface area contributed by atoms with Gasteiger partial charge in [-0.3, -0.25) is 4.68 Å². The topological polar surface area (TPSA) is 38.0 Å². The van der Waals surface area contributed by atoms with Crippen molar-refractivity contribution in [2.45, 2.75) is 25.4 Å². The van der Waals surface area contributed by atoms with Gasteiger partial charge in [-0.15, -0.1) is 11.3 Å². The lowest BCUT2D eigenvalue weighted by atomic mass is 10.1. The lowest BCUT2D eigenvalue weighted by molar-refractivity contribution is 0.165. The largest absolute Gasteiger partial charge is 0.393 e. The zero-order chi connectivity index (χ0) is 11.4. The summed E-state index contributed by atoms with van der Waals surface area (Å²) in [7, 11) is 1.93. The molecule has 1 unspecified atom stereocenters. The van der Waals surface area contributed by atoms with Gasteiger partial charge in [0.2, 0.25) is 0 Å². The Hall–Kier alpha value is -1.13. The van der Waals surface area contributed by atoms with Gasteiger partial charge in [0.05, 0.1) is 6.10 Å². The normalized spacial score (nSPS) is 12.9. The molecule has 0 spiro atoms. The third-order valence-corrected chi connectivity index (χ3v) is 3.57. The minimum absolute atomic E-state index is 0.256. The van der Waals surface area contributed by atoms with E-state index in [0.29, 0.717) is 0 Å². The number of aliphatic hydroxyl groups is 1. The second-order valence-corrected chi connectivity index (χ2v) is 4.95. The van der Waals surface area contributed by atoms with E-state index in [0.717, 1.165) is 19.3 Å². The number of aromatic nitrogens is 2. The van der Waals surface area contributed by atoms with Crippen molar-refractivity contribution in [3.8, 4) is 0 Å². The van der Waals surface area contributed by atoms with Crippen LogP contribution in [-0.4, -0.2) is 21.0 Å². The zero-order valence-electron chi connectivity index (χ0n) is 9.34. The number of hydrogen-bond acceptors (Lipinski definition) is 3. The van der Waals surface area contributed by atoms with Crippen LogP contribution in [0.2, 0.25) is 0 Å². The number of rotatable bonds is 5. The van der Waals surface area contributed by atoms with Crippen LogP contribution < -0.4 is 0 Å². The maximum absolute atomic E-state index is 9.89. The first-order valence-electron chi connectivity index (χ1n) is 5.43. The molecule has 1 atom stereocenters. The molecular formula is C12H16N2OS. The maximum atomic E-state index is 9.89. The van der Waals surface area contributed by atoms with E-state index in [1.165, 1.54) is 10.6 Å². The number of hydrogen-bond donors (Lipinski definition) is 1. The molecule has 2 rings (SSSR count). The molecule has 0 aliphatic rings. The number of thiophene rings is 1. The first-order chi connectivity index (χ1) is 7.75. The van der Waals surface area contributed by atoms with Crippen LogP contribution in [0.15, 0.2) is 29.8 Å². The number of nitrogens with zero attached hydrogens (tertiary/aromatic N) is 2. The average Bonchev–Trinajstić information content (AvgIpc) is 2.87. The Kier molecular flexibility index (Phi) is 3.74. The molecular weight excluding hydrogens is 220 g/mol. The van der Waals surface area contributed by atoms with Gasteiger partial charge in [0.1, 0.15) is 0 Å². The summed E-state index contributed by atoms with van der Waals surface area (Å²) in [6, 6.07) is 6.09. The Morgan fingerprint density at radius 2 is 2.38 bits per heavy atom. The highest BCUT2D eigenvalue weighted by Gasteiger charge is 2.08. The van der Waals surface area contributed by atoms with Gasteiger partial charge in [0.25, 0.3) is 0 Å². The molecule has 0 aliphatic heterocycles. The second kappa shape index (κ2) is 5.27. The van der Waals surface area contributed by atoms with Crippen molar-refractivity contribution < 1.29 is 5.11 Å². The molecule has 2 aromatic heterocycles. The van der Waals surface area contributed by atoms with Gasteiger partial charge in [-0.25, -0.2) is 0 Å². The van der Waals surface area contributed by atoms with Crippen LogP contribution in [0, 0.1) is 0 Å². The molecule has 0 saturated heterocycles. The molecule has 3 nitrogen and oxygen atoms in total. The Labute approximate surface area is 99.4 Å². The van der Waals surface area contributed by atoms with Gasteiger partial charge < -0.3 is 5.11 Å². The van der Waals surface area contributed by atoms with Gasteiger partial charge >= 0.3 is 0 Å². The molecule has 0 saturated carbocycles. The van der Waals surface area contributed by atoms with E-state index < -0.39 is 0 Å². The van der Waals surface area contributed by atoms with Crippen LogP contribution in [0.3, 0.4) is 0 Å². The highest BCUT2D eigenvalue weighted by Crippen LogP contribution is 2.14. The highest BCUT2D eigenvalue weighted by molar-refractivity contribution is 7.09. The minimum atomic E-state index is -0.256. The Morgan fingerprint density at radius 1 is 1.50 bits per heavy atom. The van der Waals surface area contributed by atoms with Crippen molar-refractivity contribution >= 4 is 11.3 Å². The predicted molar refractivity (Wildman–Crippen MR) is 65.6 cm³/mol. The fraction of sp³-hybridized carbons (Fsp3) is 0.417. The molecule has 0 aliphatic carbocycles. The van der Waals surface area contributed by atoms with E-state index in [1.807, 2.05) is 29.2 Å². The fourth-order valence-electron chi connectivity index (χ4n) is 1.72. The van der Waals surface area contributed by atoms with Crippen molar-refractivity contribution in [2.75, 3.05) is 0 Å². The quantitative estimate of drug-likeness (QED) is 0.862. The average molecular weight is 236 g/mol. The van der Waals surface area contributed by atoms with E-state index in [9.17, 15) is 5.11 Å². The second-order valence-electron chi connectivity index (χ2n) is 3.92. The van der Waals surface area contributed by atoms with Crippen LogP contribution in [0.5, 0.6) is 0 Å². The lowest BCUT2D eigenvalue weighted by Crippen LogP contribution is -2.12. The van der Waals surface area contributed by atoms with Crippen LogP contribution in [-0.2, 0) is 19.9 Å². The van der Waals surface area contributed by atoms with Gasteiger partial charge in [-0.1, -0.05) is 6.07 Å². The third kappa shape index (κ3) is 2.93. The smallest absolute Gasteiger partial charge is 0.0592 e. The molecule has 0 bridgehead atoms. The molecule has 2 aromatic rings. The molecule has 1 N–H and O–H groups in total. The molecule has 16 heavy (non-hydrogen) atoms. The summed E-state index contributed by atoms with van der Waals surface area (Å²) >= 11 is 1.70. The van der Waals surface area contributed by atoms with E-state index in [1.54, 1.807) is 17.5 Å². The third-order valence-electron chi connectivity index (χ3n) is 2.67. The van der Waals surface area contributed by atoms with E-state index in [4.69, 9.17) is 0 Å². The summed E-state index contributed by atoms with van der Waals surface area (Å²) in [6.45, 7) is 0. The number of aryl methyl sites for hydroxylation is 2. The van der Waals surface area contributed by atoms with Gasteiger partial charge in [-0.2, -0.15) is 5.10 Å². The monoisotopic (exact) mass is 236 g/mol. The molecule has 0 amide bonds. The standard InChI is InChI=1S/C12H16N2OS/c1-14-10(6-7-13-14)4-5-11(15)9-12-3-2-8-16-12/h2-3,6-8,11,15H,4-5,9H2,1H3. The van der Waals surface area contributed by atoms with E-state index in [2.05, 4.69) is 11.2 Å². The molecule has 4 heteroatoms. The molecule has 0 fully saturated rings. The Balaban J connectivity index is 1.80. The Bertz CT molecular complexity index is 422. The summed E-state index contributed by atoms with van der Waals surface area (Å²) in [4.78, 5) is 1.25. The molecule has 0 radical (unpaired) electrons. The van der Waals surface area contributed by atoms with Gasteiger partial charge in [0.15, 0.2) is 0 Å². The van der Waals surface area contributed by atoms with Crippen LogP contribution in [0.1, 0.15) is 17.0 Å². The van der Waals surface area contributed by atoms with Crippen molar-refractivity contribution in [1.29, 1.82) is 0 Å². The van der Waals surface area contributed by atoms with Gasteiger partial charge in [-0.05, 0) is 30.4 Å². The molecule has 2 heterocycles. The Morgan fingerprint density at radius 3 is 3.00 bits per heavy atom. The van der Waals surface area contributed by atoms with Crippen LogP contribution >= 0.6 is 11.3 Å². The predicted octanol–water partition coefficient (Wildman–Crippen LogP) is 2.02. The first-order valence-corrected chi connectivity index (χ1v) is 6.31. The van der Waals surface area contributed by atoms with E-state index in [-0.39, 0.29) is 6.10 Å². The van der Waals surface area contributed by atoms with Crippen molar-refractivity contribution in [3.05, 3.63) is 40.3 Å². The van der Waals surface area contributed by atoms with Crippen LogP contribution in [0.4, 0.5) is 0 Å². The van der Waals surface area contributed by atoms with E-state index >= 15 is 0 Å². The summed E-state index contributed by atoms with van der Waals surface area (Å²) < 4.78 is 1.86. The fourth-order valence-corrected chi connectivity index (χ4v) is 2.50. The minimum Gasteiger partial charge on any atom is -0.393 e. The number of aliphatic hydroxyl groups excluding tert-OH is 1. The van der Waals surface area contributed by atoms with Gasteiger partial charge in [0, 0.05) is 30.2 Å².